The molecular weight excluding hydrogens is 244 g/mol. The lowest BCUT2D eigenvalue weighted by Crippen LogP contribution is -2.36. The molecule has 1 aliphatic heterocycles. The summed E-state index contributed by atoms with van der Waals surface area (Å²) in [6.45, 7) is 3.70. The minimum absolute atomic E-state index is 0.553. The first kappa shape index (κ1) is 13.1. The van der Waals surface area contributed by atoms with Crippen LogP contribution in [0.3, 0.4) is 0 Å². The number of hydrogen-bond donors (Lipinski definition) is 2. The SMILES string of the molecule is C1=C2CCCC3(CC3NCC3CCNCC3)C2=CCC1. The topological polar surface area (TPSA) is 24.1 Å². The molecule has 0 aromatic heterocycles. The number of nitrogens with one attached hydrogen (secondary N) is 2. The van der Waals surface area contributed by atoms with Crippen molar-refractivity contribution in [3.05, 3.63) is 23.3 Å². The molecule has 0 radical (unpaired) electrons. The summed E-state index contributed by atoms with van der Waals surface area (Å²) in [5.41, 5.74) is 4.00. The molecule has 0 aromatic rings. The second-order valence-corrected chi connectivity index (χ2v) is 7.29. The molecule has 4 rings (SSSR count). The summed E-state index contributed by atoms with van der Waals surface area (Å²) < 4.78 is 0. The van der Waals surface area contributed by atoms with Crippen molar-refractivity contribution in [2.45, 2.75) is 57.4 Å². The van der Waals surface area contributed by atoms with Gasteiger partial charge in [0.05, 0.1) is 0 Å². The Kier molecular flexibility index (Phi) is 3.47. The second kappa shape index (κ2) is 5.31. The van der Waals surface area contributed by atoms with Gasteiger partial charge in [0.15, 0.2) is 0 Å². The fourth-order valence-corrected chi connectivity index (χ4v) is 4.76. The molecule has 2 atom stereocenters. The summed E-state index contributed by atoms with van der Waals surface area (Å²) in [5.74, 6) is 0.910. The first-order chi connectivity index (χ1) is 9.88. The Morgan fingerprint density at radius 1 is 1.20 bits per heavy atom. The van der Waals surface area contributed by atoms with Gasteiger partial charge in [-0.2, -0.15) is 0 Å². The molecule has 4 aliphatic rings. The Labute approximate surface area is 123 Å². The van der Waals surface area contributed by atoms with Crippen molar-refractivity contribution in [1.82, 2.24) is 10.6 Å². The molecule has 2 saturated carbocycles. The number of hydrogen-bond acceptors (Lipinski definition) is 2. The summed E-state index contributed by atoms with van der Waals surface area (Å²) in [6, 6.07) is 0.783. The fourth-order valence-electron chi connectivity index (χ4n) is 4.76. The predicted octanol–water partition coefficient (Wildman–Crippen LogP) is 3.16. The van der Waals surface area contributed by atoms with Crippen LogP contribution in [0.4, 0.5) is 0 Å². The van der Waals surface area contributed by atoms with Gasteiger partial charge in [-0.1, -0.05) is 12.2 Å². The average Bonchev–Trinajstić information content (AvgIpc) is 3.20. The average molecular weight is 272 g/mol. The third-order valence-electron chi connectivity index (χ3n) is 6.04. The molecule has 3 aliphatic carbocycles. The van der Waals surface area contributed by atoms with E-state index in [4.69, 9.17) is 0 Å². The van der Waals surface area contributed by atoms with Crippen LogP contribution in [-0.2, 0) is 0 Å². The smallest absolute Gasteiger partial charge is 0.0174 e. The van der Waals surface area contributed by atoms with Crippen LogP contribution in [0.15, 0.2) is 23.3 Å². The van der Waals surface area contributed by atoms with Gasteiger partial charge in [0, 0.05) is 11.5 Å². The third kappa shape index (κ3) is 2.27. The molecule has 0 amide bonds. The quantitative estimate of drug-likeness (QED) is 0.824. The molecule has 2 heteroatoms. The minimum Gasteiger partial charge on any atom is -0.317 e. The molecule has 2 nitrogen and oxygen atoms in total. The van der Waals surface area contributed by atoms with Gasteiger partial charge in [-0.3, -0.25) is 0 Å². The molecule has 1 spiro atoms. The maximum absolute atomic E-state index is 3.92. The van der Waals surface area contributed by atoms with Gasteiger partial charge in [-0.05, 0) is 88.1 Å². The van der Waals surface area contributed by atoms with Crippen LogP contribution in [0.25, 0.3) is 0 Å². The normalized spacial score (nSPS) is 37.3. The molecule has 110 valence electrons. The highest BCUT2D eigenvalue weighted by atomic mass is 15.0. The summed E-state index contributed by atoms with van der Waals surface area (Å²) in [6.07, 6.45) is 16.0. The maximum atomic E-state index is 3.92. The highest BCUT2D eigenvalue weighted by Crippen LogP contribution is 2.61. The van der Waals surface area contributed by atoms with E-state index in [1.54, 1.807) is 11.1 Å². The summed E-state index contributed by atoms with van der Waals surface area (Å²) in [7, 11) is 0. The molecule has 0 aromatic carbocycles. The molecule has 2 N–H and O–H groups in total. The van der Waals surface area contributed by atoms with Gasteiger partial charge < -0.3 is 10.6 Å². The standard InChI is InChI=1S/C18H28N2/c1-2-6-16-15(4-1)5-3-9-18(16)12-17(18)20-13-14-7-10-19-11-8-14/h4,6,14,17,19-20H,1-3,5,7-13H2. The first-order valence-corrected chi connectivity index (χ1v) is 8.73. The zero-order chi connectivity index (χ0) is 13.4. The van der Waals surface area contributed by atoms with Crippen LogP contribution in [0, 0.1) is 11.3 Å². The molecule has 1 saturated heterocycles. The van der Waals surface area contributed by atoms with E-state index < -0.39 is 0 Å². The molecule has 20 heavy (non-hydrogen) atoms. The van der Waals surface area contributed by atoms with Crippen molar-refractivity contribution in [2.75, 3.05) is 19.6 Å². The molecule has 2 unspecified atom stereocenters. The van der Waals surface area contributed by atoms with Crippen LogP contribution in [0.5, 0.6) is 0 Å². The van der Waals surface area contributed by atoms with E-state index >= 15 is 0 Å². The highest BCUT2D eigenvalue weighted by Gasteiger charge is 2.57. The number of piperidine rings is 1. The van der Waals surface area contributed by atoms with E-state index in [-0.39, 0.29) is 0 Å². The van der Waals surface area contributed by atoms with Crippen LogP contribution in [-0.4, -0.2) is 25.7 Å². The van der Waals surface area contributed by atoms with Crippen molar-refractivity contribution in [3.8, 4) is 0 Å². The van der Waals surface area contributed by atoms with Gasteiger partial charge in [0.2, 0.25) is 0 Å². The largest absolute Gasteiger partial charge is 0.317 e. The Hall–Kier alpha value is -0.600. The molecular formula is C18H28N2. The van der Waals surface area contributed by atoms with Crippen LogP contribution in [0.2, 0.25) is 0 Å². The summed E-state index contributed by atoms with van der Waals surface area (Å²) in [4.78, 5) is 0. The Bertz CT molecular complexity index is 431. The van der Waals surface area contributed by atoms with Gasteiger partial charge in [-0.25, -0.2) is 0 Å². The number of fused-ring (bicyclic) bond motifs is 2. The molecule has 0 bridgehead atoms. The van der Waals surface area contributed by atoms with E-state index in [0.717, 1.165) is 12.0 Å². The van der Waals surface area contributed by atoms with E-state index in [1.807, 2.05) is 0 Å². The Balaban J connectivity index is 1.38. The zero-order valence-electron chi connectivity index (χ0n) is 12.6. The maximum Gasteiger partial charge on any atom is 0.0174 e. The van der Waals surface area contributed by atoms with E-state index in [9.17, 15) is 0 Å². The van der Waals surface area contributed by atoms with Crippen molar-refractivity contribution < 1.29 is 0 Å². The van der Waals surface area contributed by atoms with Crippen LogP contribution >= 0.6 is 0 Å². The minimum atomic E-state index is 0.553. The first-order valence-electron chi connectivity index (χ1n) is 8.73. The summed E-state index contributed by atoms with van der Waals surface area (Å²) >= 11 is 0. The van der Waals surface area contributed by atoms with Gasteiger partial charge in [0.1, 0.15) is 0 Å². The lowest BCUT2D eigenvalue weighted by molar-refractivity contribution is 0.343. The van der Waals surface area contributed by atoms with E-state index in [1.165, 1.54) is 71.0 Å². The van der Waals surface area contributed by atoms with Crippen molar-refractivity contribution in [2.24, 2.45) is 11.3 Å². The number of rotatable bonds is 3. The van der Waals surface area contributed by atoms with Crippen LogP contribution in [0.1, 0.15) is 51.4 Å². The van der Waals surface area contributed by atoms with Gasteiger partial charge in [-0.15, -0.1) is 0 Å². The predicted molar refractivity (Wildman–Crippen MR) is 83.7 cm³/mol. The van der Waals surface area contributed by atoms with Crippen molar-refractivity contribution >= 4 is 0 Å². The monoisotopic (exact) mass is 272 g/mol. The van der Waals surface area contributed by atoms with Gasteiger partial charge >= 0.3 is 0 Å². The van der Waals surface area contributed by atoms with Crippen LogP contribution < -0.4 is 10.6 Å². The van der Waals surface area contributed by atoms with Crippen molar-refractivity contribution in [1.29, 1.82) is 0 Å². The fraction of sp³-hybridized carbons (Fsp3) is 0.778. The Morgan fingerprint density at radius 3 is 2.95 bits per heavy atom. The van der Waals surface area contributed by atoms with E-state index in [0.29, 0.717) is 5.41 Å². The summed E-state index contributed by atoms with van der Waals surface area (Å²) in [5, 5.41) is 7.39. The lowest BCUT2D eigenvalue weighted by Gasteiger charge is -2.32. The second-order valence-electron chi connectivity index (χ2n) is 7.29. The van der Waals surface area contributed by atoms with E-state index in [2.05, 4.69) is 22.8 Å². The molecule has 1 heterocycles. The zero-order valence-corrected chi connectivity index (χ0v) is 12.6. The van der Waals surface area contributed by atoms with Crippen molar-refractivity contribution in [3.63, 3.8) is 0 Å². The molecule has 3 fully saturated rings. The Morgan fingerprint density at radius 2 is 2.05 bits per heavy atom. The highest BCUT2D eigenvalue weighted by molar-refractivity contribution is 5.46. The third-order valence-corrected chi connectivity index (χ3v) is 6.04. The lowest BCUT2D eigenvalue weighted by atomic mass is 9.75. The number of allylic oxidation sites excluding steroid dienone is 3. The van der Waals surface area contributed by atoms with Gasteiger partial charge in [0.25, 0.3) is 0 Å².